The minimum Gasteiger partial charge on any atom is -0.496 e. The maximum atomic E-state index is 14.0. The Bertz CT molecular complexity index is 2460. The standard InChI is InChI=1S/C48H59N7O11S/c1-29-42(67-28-52-29)31-10-8-30(9-11-31)24-50-45(60)38-21-34(56)26-55(38)47(61)43(48(2,3)4)54-41(58)14-16-64-18-20-65-19-17-63-15-6-7-32-25-51-46(66-27-33-12-13-40(57)53-33)36-23-39(62-5)37(44(49)59)22-35(32)36/h8-11,22-23,25,28,33-34,38,43,56H,12-21,24,26-27H2,1-5H3,(H2,49,59)(H,50,60)(H,53,57)(H,54,58)/t33-,34+,38-,43+/m0/s1. The van der Waals surface area contributed by atoms with Gasteiger partial charge in [-0.2, -0.15) is 0 Å². The predicted molar refractivity (Wildman–Crippen MR) is 249 cm³/mol. The number of rotatable bonds is 21. The summed E-state index contributed by atoms with van der Waals surface area (Å²) in [6.07, 6.45) is 1.84. The van der Waals surface area contributed by atoms with Gasteiger partial charge in [-0.25, -0.2) is 9.97 Å². The number of aromatic nitrogens is 2. The number of thiazole rings is 1. The fraction of sp³-hybridized carbons (Fsp3) is 0.479. The molecule has 4 heterocycles. The molecule has 2 aromatic carbocycles. The van der Waals surface area contributed by atoms with Crippen molar-refractivity contribution in [3.8, 4) is 33.9 Å². The molecule has 4 aromatic rings. The van der Waals surface area contributed by atoms with Crippen LogP contribution in [0.5, 0.6) is 11.6 Å². The Morgan fingerprint density at radius 3 is 2.42 bits per heavy atom. The fourth-order valence-electron chi connectivity index (χ4n) is 7.67. The predicted octanol–water partition coefficient (Wildman–Crippen LogP) is 3.03. The number of nitrogens with two attached hydrogens (primary N) is 1. The summed E-state index contributed by atoms with van der Waals surface area (Å²) in [7, 11) is 1.43. The Balaban J connectivity index is 0.894. The van der Waals surface area contributed by atoms with Crippen LogP contribution in [0.1, 0.15) is 73.6 Å². The number of primary amides is 1. The number of carbonyl (C=O) groups is 5. The Morgan fingerprint density at radius 1 is 1.03 bits per heavy atom. The number of methoxy groups -OCH3 is 1. The average Bonchev–Trinajstić information content (AvgIpc) is 4.05. The van der Waals surface area contributed by atoms with Crippen LogP contribution in [0.4, 0.5) is 0 Å². The van der Waals surface area contributed by atoms with E-state index in [-0.39, 0.29) is 101 Å². The van der Waals surface area contributed by atoms with Gasteiger partial charge in [-0.1, -0.05) is 56.9 Å². The first kappa shape index (κ1) is 50.2. The zero-order valence-corrected chi connectivity index (χ0v) is 39.3. The lowest BCUT2D eigenvalue weighted by molar-refractivity contribution is -0.144. The molecule has 358 valence electrons. The minimum atomic E-state index is -0.954. The summed E-state index contributed by atoms with van der Waals surface area (Å²) in [4.78, 5) is 75.5. The molecule has 6 rings (SSSR count). The molecule has 0 radical (unpaired) electrons. The van der Waals surface area contributed by atoms with E-state index in [4.69, 9.17) is 29.4 Å². The molecule has 0 spiro atoms. The van der Waals surface area contributed by atoms with Crippen LogP contribution in [0.2, 0.25) is 0 Å². The first-order valence-corrected chi connectivity index (χ1v) is 23.0. The van der Waals surface area contributed by atoms with E-state index < -0.39 is 41.3 Å². The van der Waals surface area contributed by atoms with Gasteiger partial charge in [0, 0.05) is 49.3 Å². The summed E-state index contributed by atoms with van der Waals surface area (Å²) in [5, 5.41) is 20.3. The number of benzene rings is 2. The lowest BCUT2D eigenvalue weighted by Gasteiger charge is -2.35. The molecule has 18 nitrogen and oxygen atoms in total. The number of nitrogens with zero attached hydrogens (tertiary/aromatic N) is 3. The molecule has 2 fully saturated rings. The summed E-state index contributed by atoms with van der Waals surface area (Å²) >= 11 is 1.57. The third kappa shape index (κ3) is 13.7. The fourth-order valence-corrected chi connectivity index (χ4v) is 8.48. The molecule has 2 aliphatic heterocycles. The Hall–Kier alpha value is -6.17. The van der Waals surface area contributed by atoms with Crippen LogP contribution in [0.15, 0.2) is 48.1 Å². The Kier molecular flexibility index (Phi) is 17.6. The van der Waals surface area contributed by atoms with Crippen molar-refractivity contribution in [3.63, 3.8) is 0 Å². The van der Waals surface area contributed by atoms with E-state index in [2.05, 4.69) is 37.8 Å². The van der Waals surface area contributed by atoms with Gasteiger partial charge in [0.25, 0.3) is 5.91 Å². The van der Waals surface area contributed by atoms with Gasteiger partial charge < -0.3 is 55.4 Å². The number of carbonyl (C=O) groups excluding carboxylic acids is 5. The smallest absolute Gasteiger partial charge is 0.252 e. The highest BCUT2D eigenvalue weighted by molar-refractivity contribution is 7.13. The highest BCUT2D eigenvalue weighted by Gasteiger charge is 2.44. The molecule has 2 aromatic heterocycles. The lowest BCUT2D eigenvalue weighted by atomic mass is 9.85. The number of fused-ring (bicyclic) bond motifs is 1. The number of aliphatic hydroxyl groups is 1. The van der Waals surface area contributed by atoms with E-state index >= 15 is 0 Å². The van der Waals surface area contributed by atoms with Crippen LogP contribution in [-0.2, 0) is 39.9 Å². The number of hydrogen-bond donors (Lipinski definition) is 5. The summed E-state index contributed by atoms with van der Waals surface area (Å²) in [6.45, 7) is 9.08. The minimum absolute atomic E-state index is 0.00636. The molecule has 2 saturated heterocycles. The van der Waals surface area contributed by atoms with E-state index in [1.54, 1.807) is 29.0 Å². The SMILES string of the molecule is COc1cc2c(OC[C@@H]3CCC(=O)N3)ncc(C#CCOCCOCCOCCC(=O)N[C@H](C(=O)N3C[C@H](O)C[C@H]3C(=O)NCc3ccc(-c4scnc4C)cc3)C(C)(C)C)c2cc1C(N)=O. The number of hydrogen-bond acceptors (Lipinski definition) is 14. The molecular weight excluding hydrogens is 883 g/mol. The van der Waals surface area contributed by atoms with Crippen molar-refractivity contribution < 1.29 is 52.8 Å². The molecule has 5 amide bonds. The van der Waals surface area contributed by atoms with E-state index in [9.17, 15) is 29.1 Å². The number of pyridine rings is 1. The van der Waals surface area contributed by atoms with Crippen LogP contribution in [0, 0.1) is 24.2 Å². The van der Waals surface area contributed by atoms with Gasteiger partial charge in [0.1, 0.15) is 31.0 Å². The van der Waals surface area contributed by atoms with Crippen molar-refractivity contribution in [1.82, 2.24) is 30.8 Å². The molecule has 19 heteroatoms. The van der Waals surface area contributed by atoms with Crippen molar-refractivity contribution in [3.05, 3.63) is 70.5 Å². The van der Waals surface area contributed by atoms with E-state index in [1.807, 2.05) is 52.0 Å². The van der Waals surface area contributed by atoms with Gasteiger partial charge in [0.2, 0.25) is 29.5 Å². The number of nitrogens with one attached hydrogen (secondary N) is 3. The average molecular weight is 942 g/mol. The number of aryl methyl sites for hydroxylation is 1. The van der Waals surface area contributed by atoms with Crippen LogP contribution < -0.4 is 31.2 Å². The number of ether oxygens (including phenoxy) is 5. The molecular formula is C48H59N7O11S. The second-order valence-corrected chi connectivity index (χ2v) is 18.2. The Morgan fingerprint density at radius 2 is 1.76 bits per heavy atom. The summed E-state index contributed by atoms with van der Waals surface area (Å²) < 4.78 is 28.2. The van der Waals surface area contributed by atoms with E-state index in [0.717, 1.165) is 21.7 Å². The monoisotopic (exact) mass is 941 g/mol. The molecule has 4 atom stereocenters. The Labute approximate surface area is 393 Å². The molecule has 0 unspecified atom stereocenters. The zero-order valence-electron chi connectivity index (χ0n) is 38.5. The van der Waals surface area contributed by atoms with Crippen molar-refractivity contribution in [1.29, 1.82) is 0 Å². The van der Waals surface area contributed by atoms with Gasteiger partial charge in [-0.3, -0.25) is 24.0 Å². The van der Waals surface area contributed by atoms with Crippen molar-refractivity contribution in [2.75, 3.05) is 59.9 Å². The molecule has 0 bridgehead atoms. The third-order valence-electron chi connectivity index (χ3n) is 11.3. The van der Waals surface area contributed by atoms with Crippen molar-refractivity contribution in [2.24, 2.45) is 11.1 Å². The maximum absolute atomic E-state index is 14.0. The quantitative estimate of drug-likeness (QED) is 0.0597. The van der Waals surface area contributed by atoms with Crippen LogP contribution in [0.3, 0.4) is 0 Å². The second kappa shape index (κ2) is 23.5. The van der Waals surface area contributed by atoms with Gasteiger partial charge in [-0.05, 0) is 42.0 Å². The summed E-state index contributed by atoms with van der Waals surface area (Å²) in [5.41, 5.74) is 10.3. The number of likely N-dealkylation sites (tertiary alicyclic amines) is 1. The van der Waals surface area contributed by atoms with Gasteiger partial charge in [0.05, 0.1) is 79.5 Å². The highest BCUT2D eigenvalue weighted by atomic mass is 32.1. The first-order valence-electron chi connectivity index (χ1n) is 22.1. The molecule has 2 aliphatic rings. The topological polar surface area (TPSA) is 243 Å². The van der Waals surface area contributed by atoms with E-state index in [0.29, 0.717) is 35.1 Å². The van der Waals surface area contributed by atoms with Crippen molar-refractivity contribution in [2.45, 2.75) is 84.2 Å². The lowest BCUT2D eigenvalue weighted by Crippen LogP contribution is -2.57. The largest absolute Gasteiger partial charge is 0.496 e. The van der Waals surface area contributed by atoms with E-state index in [1.165, 1.54) is 18.2 Å². The summed E-state index contributed by atoms with van der Waals surface area (Å²) in [5.74, 6) is 4.65. The van der Waals surface area contributed by atoms with Crippen LogP contribution in [-0.4, -0.2) is 134 Å². The second-order valence-electron chi connectivity index (χ2n) is 17.3. The van der Waals surface area contributed by atoms with Crippen LogP contribution >= 0.6 is 11.3 Å². The maximum Gasteiger partial charge on any atom is 0.252 e. The number of amides is 5. The molecule has 6 N–H and O–H groups in total. The van der Waals surface area contributed by atoms with Gasteiger partial charge in [0.15, 0.2) is 0 Å². The summed E-state index contributed by atoms with van der Waals surface area (Å²) in [6, 6.07) is 9.08. The molecule has 67 heavy (non-hydrogen) atoms. The number of β-amino-alcohol motifs (C(OH)–C–C–N with tert-alkyl or cyclic N) is 1. The third-order valence-corrected chi connectivity index (χ3v) is 12.2. The van der Waals surface area contributed by atoms with Gasteiger partial charge >= 0.3 is 0 Å². The molecule has 0 saturated carbocycles. The number of aliphatic hydroxyl groups excluding tert-OH is 1. The zero-order chi connectivity index (χ0) is 48.1. The first-order chi connectivity index (χ1) is 32.1. The normalized spacial score (nSPS) is 17.4. The van der Waals surface area contributed by atoms with Gasteiger partial charge in [-0.15, -0.1) is 11.3 Å². The molecule has 0 aliphatic carbocycles. The highest BCUT2D eigenvalue weighted by Crippen LogP contribution is 2.33. The van der Waals surface area contributed by atoms with Crippen molar-refractivity contribution >= 4 is 51.6 Å². The van der Waals surface area contributed by atoms with Crippen LogP contribution in [0.25, 0.3) is 21.2 Å².